The van der Waals surface area contributed by atoms with Gasteiger partial charge in [0.25, 0.3) is 5.91 Å². The van der Waals surface area contributed by atoms with Crippen LogP contribution in [0.15, 0.2) is 48.5 Å². The molecule has 0 radical (unpaired) electrons. The van der Waals surface area contributed by atoms with Crippen LogP contribution in [0.25, 0.3) is 0 Å². The average Bonchev–Trinajstić information content (AvgIpc) is 2.49. The summed E-state index contributed by atoms with van der Waals surface area (Å²) in [6, 6.07) is 14.1. The normalized spacial score (nSPS) is 10.2. The highest BCUT2D eigenvalue weighted by Gasteiger charge is 2.04. The standard InChI is InChI=1S/C16H16ClNO3/c17-13-3-5-14(6-4-13)18-16(20)11-21-15-7-1-12(2-8-15)9-10-19/h1-8,19H,9-11H2,(H,18,20). The molecular formula is C16H16ClNO3. The van der Waals surface area contributed by atoms with Crippen LogP contribution in [-0.4, -0.2) is 24.2 Å². The summed E-state index contributed by atoms with van der Waals surface area (Å²) in [5, 5.41) is 12.2. The van der Waals surface area contributed by atoms with Crippen molar-refractivity contribution in [2.24, 2.45) is 0 Å². The highest BCUT2D eigenvalue weighted by Crippen LogP contribution is 2.14. The molecule has 0 bridgehead atoms. The third-order valence-corrected chi connectivity index (χ3v) is 3.07. The van der Waals surface area contributed by atoms with Crippen LogP contribution >= 0.6 is 11.6 Å². The fraction of sp³-hybridized carbons (Fsp3) is 0.188. The molecule has 21 heavy (non-hydrogen) atoms. The Morgan fingerprint density at radius 2 is 1.76 bits per heavy atom. The molecule has 2 rings (SSSR count). The number of amides is 1. The van der Waals surface area contributed by atoms with E-state index in [0.717, 1.165) is 5.56 Å². The van der Waals surface area contributed by atoms with Crippen molar-refractivity contribution in [1.29, 1.82) is 0 Å². The SMILES string of the molecule is O=C(COc1ccc(CCO)cc1)Nc1ccc(Cl)cc1. The summed E-state index contributed by atoms with van der Waals surface area (Å²) >= 11 is 5.77. The van der Waals surface area contributed by atoms with Crippen molar-refractivity contribution >= 4 is 23.2 Å². The van der Waals surface area contributed by atoms with Gasteiger partial charge in [0.15, 0.2) is 6.61 Å². The smallest absolute Gasteiger partial charge is 0.262 e. The number of carbonyl (C=O) groups excluding carboxylic acids is 1. The number of rotatable bonds is 6. The number of benzene rings is 2. The van der Waals surface area contributed by atoms with Crippen molar-refractivity contribution < 1.29 is 14.6 Å². The number of ether oxygens (including phenoxy) is 1. The van der Waals surface area contributed by atoms with Gasteiger partial charge in [0.05, 0.1) is 0 Å². The molecule has 1 amide bonds. The Balaban J connectivity index is 1.81. The second kappa shape index (κ2) is 7.67. The van der Waals surface area contributed by atoms with E-state index in [0.29, 0.717) is 22.9 Å². The maximum absolute atomic E-state index is 11.7. The molecule has 4 nitrogen and oxygen atoms in total. The molecule has 0 heterocycles. The molecule has 0 aromatic heterocycles. The Labute approximate surface area is 128 Å². The molecule has 0 aliphatic heterocycles. The maximum Gasteiger partial charge on any atom is 0.262 e. The summed E-state index contributed by atoms with van der Waals surface area (Å²) in [7, 11) is 0. The van der Waals surface area contributed by atoms with Crippen LogP contribution in [0.5, 0.6) is 5.75 Å². The van der Waals surface area contributed by atoms with Gasteiger partial charge in [-0.2, -0.15) is 0 Å². The second-order valence-electron chi connectivity index (χ2n) is 4.46. The molecule has 0 unspecified atom stereocenters. The Kier molecular flexibility index (Phi) is 5.60. The fourth-order valence-corrected chi connectivity index (χ4v) is 1.89. The van der Waals surface area contributed by atoms with Gasteiger partial charge in [-0.25, -0.2) is 0 Å². The summed E-state index contributed by atoms with van der Waals surface area (Å²) in [5.74, 6) is 0.375. The predicted molar refractivity (Wildman–Crippen MR) is 82.8 cm³/mol. The molecule has 0 spiro atoms. The number of carbonyl (C=O) groups is 1. The van der Waals surface area contributed by atoms with Crippen molar-refractivity contribution in [3.05, 3.63) is 59.1 Å². The van der Waals surface area contributed by atoms with Gasteiger partial charge in [-0.15, -0.1) is 0 Å². The van der Waals surface area contributed by atoms with Crippen molar-refractivity contribution in [3.8, 4) is 5.75 Å². The molecule has 2 aromatic carbocycles. The largest absolute Gasteiger partial charge is 0.484 e. The highest BCUT2D eigenvalue weighted by molar-refractivity contribution is 6.30. The van der Waals surface area contributed by atoms with Crippen LogP contribution in [0.3, 0.4) is 0 Å². The van der Waals surface area contributed by atoms with Gasteiger partial charge in [0, 0.05) is 17.3 Å². The molecule has 2 N–H and O–H groups in total. The average molecular weight is 306 g/mol. The van der Waals surface area contributed by atoms with E-state index < -0.39 is 0 Å². The van der Waals surface area contributed by atoms with E-state index in [1.54, 1.807) is 36.4 Å². The molecular weight excluding hydrogens is 290 g/mol. The lowest BCUT2D eigenvalue weighted by Gasteiger charge is -2.08. The molecule has 5 heteroatoms. The fourth-order valence-electron chi connectivity index (χ4n) is 1.76. The first-order chi connectivity index (χ1) is 10.2. The first-order valence-electron chi connectivity index (χ1n) is 6.55. The number of hydrogen-bond acceptors (Lipinski definition) is 3. The van der Waals surface area contributed by atoms with Gasteiger partial charge in [-0.3, -0.25) is 4.79 Å². The molecule has 2 aromatic rings. The first kappa shape index (κ1) is 15.4. The van der Waals surface area contributed by atoms with Crippen LogP contribution in [0.1, 0.15) is 5.56 Å². The highest BCUT2D eigenvalue weighted by atomic mass is 35.5. The number of anilines is 1. The van der Waals surface area contributed by atoms with Crippen LogP contribution in [0.2, 0.25) is 5.02 Å². The lowest BCUT2D eigenvalue weighted by atomic mass is 10.1. The molecule has 0 aliphatic carbocycles. The Bertz CT molecular complexity index is 581. The minimum Gasteiger partial charge on any atom is -0.484 e. The minimum absolute atomic E-state index is 0.0675. The molecule has 0 atom stereocenters. The van der Waals surface area contributed by atoms with Gasteiger partial charge in [0.2, 0.25) is 0 Å². The number of aliphatic hydroxyl groups is 1. The second-order valence-corrected chi connectivity index (χ2v) is 4.90. The quantitative estimate of drug-likeness (QED) is 0.863. The van der Waals surface area contributed by atoms with Crippen molar-refractivity contribution in [2.75, 3.05) is 18.5 Å². The number of hydrogen-bond donors (Lipinski definition) is 2. The van der Waals surface area contributed by atoms with Gasteiger partial charge >= 0.3 is 0 Å². The van der Waals surface area contributed by atoms with Gasteiger partial charge in [0.1, 0.15) is 5.75 Å². The first-order valence-corrected chi connectivity index (χ1v) is 6.93. The lowest BCUT2D eigenvalue weighted by Crippen LogP contribution is -2.20. The van der Waals surface area contributed by atoms with Crippen LogP contribution in [-0.2, 0) is 11.2 Å². The van der Waals surface area contributed by atoms with E-state index in [2.05, 4.69) is 5.32 Å². The Morgan fingerprint density at radius 3 is 2.38 bits per heavy atom. The Hall–Kier alpha value is -2.04. The van der Waals surface area contributed by atoms with Crippen LogP contribution < -0.4 is 10.1 Å². The third kappa shape index (κ3) is 5.10. The van der Waals surface area contributed by atoms with Gasteiger partial charge in [-0.05, 0) is 48.4 Å². The zero-order valence-electron chi connectivity index (χ0n) is 11.4. The predicted octanol–water partition coefficient (Wildman–Crippen LogP) is 2.89. The van der Waals surface area contributed by atoms with Crippen molar-refractivity contribution in [3.63, 3.8) is 0 Å². The summed E-state index contributed by atoms with van der Waals surface area (Å²) in [5.41, 5.74) is 1.70. The zero-order valence-corrected chi connectivity index (χ0v) is 12.1. The lowest BCUT2D eigenvalue weighted by molar-refractivity contribution is -0.118. The van der Waals surface area contributed by atoms with Crippen LogP contribution in [0.4, 0.5) is 5.69 Å². The van der Waals surface area contributed by atoms with Gasteiger partial charge < -0.3 is 15.2 Å². The maximum atomic E-state index is 11.7. The van der Waals surface area contributed by atoms with E-state index in [1.807, 2.05) is 12.1 Å². The molecule has 0 saturated carbocycles. The van der Waals surface area contributed by atoms with Crippen LogP contribution in [0, 0.1) is 0 Å². The zero-order chi connectivity index (χ0) is 15.1. The van der Waals surface area contributed by atoms with Crippen molar-refractivity contribution in [1.82, 2.24) is 0 Å². The number of aliphatic hydroxyl groups excluding tert-OH is 1. The van der Waals surface area contributed by atoms with E-state index in [9.17, 15) is 4.79 Å². The van der Waals surface area contributed by atoms with E-state index in [-0.39, 0.29) is 19.1 Å². The summed E-state index contributed by atoms with van der Waals surface area (Å²) in [4.78, 5) is 11.7. The van der Waals surface area contributed by atoms with E-state index in [1.165, 1.54) is 0 Å². The molecule has 0 fully saturated rings. The summed E-state index contributed by atoms with van der Waals surface area (Å²) in [6.07, 6.45) is 0.608. The molecule has 110 valence electrons. The topological polar surface area (TPSA) is 58.6 Å². The van der Waals surface area contributed by atoms with Gasteiger partial charge in [-0.1, -0.05) is 23.7 Å². The number of halogens is 1. The minimum atomic E-state index is -0.239. The molecule has 0 saturated heterocycles. The Morgan fingerprint density at radius 1 is 1.10 bits per heavy atom. The van der Waals surface area contributed by atoms with Crippen molar-refractivity contribution in [2.45, 2.75) is 6.42 Å². The molecule has 0 aliphatic rings. The van der Waals surface area contributed by atoms with E-state index in [4.69, 9.17) is 21.4 Å². The summed E-state index contributed by atoms with van der Waals surface area (Å²) in [6.45, 7) is 0.0473. The monoisotopic (exact) mass is 305 g/mol. The van der Waals surface area contributed by atoms with E-state index >= 15 is 0 Å². The third-order valence-electron chi connectivity index (χ3n) is 2.82. The number of nitrogens with one attached hydrogen (secondary N) is 1. The summed E-state index contributed by atoms with van der Waals surface area (Å²) < 4.78 is 5.40.